The lowest BCUT2D eigenvalue weighted by Crippen LogP contribution is -2.41. The van der Waals surface area contributed by atoms with Crippen LogP contribution in [0.15, 0.2) is 0 Å². The normalized spacial score (nSPS) is 22.2. The van der Waals surface area contributed by atoms with Gasteiger partial charge in [0.1, 0.15) is 6.10 Å². The van der Waals surface area contributed by atoms with E-state index in [1.807, 2.05) is 20.8 Å². The molecule has 0 bridgehead atoms. The molecule has 0 radical (unpaired) electrons. The number of rotatable bonds is 1. The molecular formula is C11H20O2. The molecule has 1 rings (SSSR count). The second-order valence-electron chi connectivity index (χ2n) is 5.85. The Kier molecular flexibility index (Phi) is 2.44. The number of hydrogen-bond acceptors (Lipinski definition) is 2. The maximum absolute atomic E-state index is 11.5. The summed E-state index contributed by atoms with van der Waals surface area (Å²) in [4.78, 5) is 11.5. The minimum Gasteiger partial charge on any atom is -0.462 e. The van der Waals surface area contributed by atoms with Gasteiger partial charge in [-0.15, -0.1) is 0 Å². The van der Waals surface area contributed by atoms with E-state index in [2.05, 4.69) is 13.8 Å². The van der Waals surface area contributed by atoms with Gasteiger partial charge >= 0.3 is 5.97 Å². The first-order chi connectivity index (χ1) is 5.71. The van der Waals surface area contributed by atoms with Crippen LogP contribution in [0.2, 0.25) is 0 Å². The Labute approximate surface area is 80.7 Å². The van der Waals surface area contributed by atoms with Gasteiger partial charge in [-0.25, -0.2) is 0 Å². The molecule has 0 unspecified atom stereocenters. The number of esters is 1. The molecule has 0 spiro atoms. The number of hydrogen-bond donors (Lipinski definition) is 0. The number of ether oxygens (including phenoxy) is 1. The topological polar surface area (TPSA) is 26.3 Å². The summed E-state index contributed by atoms with van der Waals surface area (Å²) in [6, 6.07) is 0. The highest BCUT2D eigenvalue weighted by Gasteiger charge is 2.40. The van der Waals surface area contributed by atoms with Gasteiger partial charge in [0.15, 0.2) is 0 Å². The molecule has 1 saturated carbocycles. The number of carbonyl (C=O) groups is 1. The van der Waals surface area contributed by atoms with Crippen molar-refractivity contribution in [1.29, 1.82) is 0 Å². The van der Waals surface area contributed by atoms with Gasteiger partial charge in [-0.05, 0) is 39.0 Å². The quantitative estimate of drug-likeness (QED) is 0.586. The summed E-state index contributed by atoms with van der Waals surface area (Å²) in [5, 5.41) is 0. The molecule has 2 heteroatoms. The molecule has 0 N–H and O–H groups in total. The summed E-state index contributed by atoms with van der Waals surface area (Å²) < 4.78 is 5.35. The van der Waals surface area contributed by atoms with Gasteiger partial charge < -0.3 is 4.74 Å². The molecule has 0 aliphatic heterocycles. The van der Waals surface area contributed by atoms with Crippen LogP contribution in [0, 0.1) is 10.8 Å². The van der Waals surface area contributed by atoms with Crippen LogP contribution in [0.5, 0.6) is 0 Å². The zero-order chi connectivity index (χ0) is 10.3. The van der Waals surface area contributed by atoms with E-state index in [0.717, 1.165) is 12.8 Å². The Balaban J connectivity index is 2.33. The maximum atomic E-state index is 11.5. The van der Waals surface area contributed by atoms with Gasteiger partial charge in [0.25, 0.3) is 0 Å². The van der Waals surface area contributed by atoms with Crippen molar-refractivity contribution in [2.24, 2.45) is 10.8 Å². The smallest absolute Gasteiger partial charge is 0.311 e. The highest BCUT2D eigenvalue weighted by Crippen LogP contribution is 2.42. The van der Waals surface area contributed by atoms with Gasteiger partial charge in [0.05, 0.1) is 5.41 Å². The molecular weight excluding hydrogens is 164 g/mol. The summed E-state index contributed by atoms with van der Waals surface area (Å²) in [6.45, 7) is 10.1. The van der Waals surface area contributed by atoms with E-state index in [-0.39, 0.29) is 17.5 Å². The lowest BCUT2D eigenvalue weighted by molar-refractivity contribution is -0.168. The summed E-state index contributed by atoms with van der Waals surface area (Å²) in [5.74, 6) is -0.0759. The average Bonchev–Trinajstić information content (AvgIpc) is 1.80. The molecule has 0 aromatic heterocycles. The molecule has 13 heavy (non-hydrogen) atoms. The van der Waals surface area contributed by atoms with Crippen LogP contribution in [0.25, 0.3) is 0 Å². The van der Waals surface area contributed by atoms with Crippen molar-refractivity contribution in [2.75, 3.05) is 0 Å². The van der Waals surface area contributed by atoms with Crippen molar-refractivity contribution in [3.05, 3.63) is 0 Å². The fraction of sp³-hybridized carbons (Fsp3) is 0.909. The molecule has 1 aliphatic rings. The molecule has 0 saturated heterocycles. The second-order valence-corrected chi connectivity index (χ2v) is 5.85. The average molecular weight is 184 g/mol. The van der Waals surface area contributed by atoms with E-state index < -0.39 is 0 Å². The van der Waals surface area contributed by atoms with Gasteiger partial charge in [-0.1, -0.05) is 13.8 Å². The maximum Gasteiger partial charge on any atom is 0.311 e. The Morgan fingerprint density at radius 2 is 1.77 bits per heavy atom. The molecule has 0 amide bonds. The largest absolute Gasteiger partial charge is 0.462 e. The first kappa shape index (κ1) is 10.6. The fourth-order valence-corrected chi connectivity index (χ4v) is 1.58. The van der Waals surface area contributed by atoms with Crippen LogP contribution in [0.1, 0.15) is 47.5 Å². The zero-order valence-electron chi connectivity index (χ0n) is 9.31. The number of carbonyl (C=O) groups excluding carboxylic acids is 1. The van der Waals surface area contributed by atoms with E-state index >= 15 is 0 Å². The predicted octanol–water partition coefficient (Wildman–Crippen LogP) is 2.76. The molecule has 2 nitrogen and oxygen atoms in total. The van der Waals surface area contributed by atoms with Gasteiger partial charge in [-0.2, -0.15) is 0 Å². The molecule has 0 aromatic rings. The van der Waals surface area contributed by atoms with Crippen molar-refractivity contribution < 1.29 is 9.53 Å². The van der Waals surface area contributed by atoms with Crippen molar-refractivity contribution in [3.8, 4) is 0 Å². The highest BCUT2D eigenvalue weighted by molar-refractivity contribution is 5.75. The Hall–Kier alpha value is -0.530. The highest BCUT2D eigenvalue weighted by atomic mass is 16.5. The Bertz CT molecular complexity index is 203. The van der Waals surface area contributed by atoms with E-state index in [9.17, 15) is 4.79 Å². The third-order valence-corrected chi connectivity index (χ3v) is 2.45. The van der Waals surface area contributed by atoms with Crippen LogP contribution < -0.4 is 0 Å². The van der Waals surface area contributed by atoms with Gasteiger partial charge in [0.2, 0.25) is 0 Å². The molecule has 1 aliphatic carbocycles. The van der Waals surface area contributed by atoms with E-state index in [1.165, 1.54) is 0 Å². The lowest BCUT2D eigenvalue weighted by atomic mass is 9.70. The van der Waals surface area contributed by atoms with Crippen LogP contribution in [0.4, 0.5) is 0 Å². The third kappa shape index (κ3) is 2.71. The Morgan fingerprint density at radius 1 is 1.31 bits per heavy atom. The van der Waals surface area contributed by atoms with Crippen LogP contribution in [-0.4, -0.2) is 12.1 Å². The molecule has 0 aromatic carbocycles. The first-order valence-corrected chi connectivity index (χ1v) is 4.92. The van der Waals surface area contributed by atoms with Crippen molar-refractivity contribution in [1.82, 2.24) is 0 Å². The van der Waals surface area contributed by atoms with E-state index in [1.54, 1.807) is 0 Å². The van der Waals surface area contributed by atoms with Gasteiger partial charge in [-0.3, -0.25) is 4.79 Å². The fourth-order valence-electron chi connectivity index (χ4n) is 1.58. The third-order valence-electron chi connectivity index (χ3n) is 2.45. The van der Waals surface area contributed by atoms with E-state index in [4.69, 9.17) is 4.74 Å². The minimum absolute atomic E-state index is 0.0759. The molecule has 76 valence electrons. The summed E-state index contributed by atoms with van der Waals surface area (Å²) >= 11 is 0. The minimum atomic E-state index is -0.361. The molecule has 1 fully saturated rings. The van der Waals surface area contributed by atoms with Crippen molar-refractivity contribution in [3.63, 3.8) is 0 Å². The zero-order valence-corrected chi connectivity index (χ0v) is 9.31. The standard InChI is InChI=1S/C11H20O2/c1-10(2,3)9(12)13-8-6-11(4,5)7-8/h8H,6-7H2,1-5H3. The van der Waals surface area contributed by atoms with Crippen molar-refractivity contribution in [2.45, 2.75) is 53.6 Å². The van der Waals surface area contributed by atoms with Crippen LogP contribution >= 0.6 is 0 Å². The monoisotopic (exact) mass is 184 g/mol. The first-order valence-electron chi connectivity index (χ1n) is 4.92. The lowest BCUT2D eigenvalue weighted by Gasteiger charge is -2.42. The van der Waals surface area contributed by atoms with E-state index in [0.29, 0.717) is 5.41 Å². The van der Waals surface area contributed by atoms with Crippen LogP contribution in [-0.2, 0) is 9.53 Å². The summed E-state index contributed by atoms with van der Waals surface area (Å²) in [7, 11) is 0. The predicted molar refractivity (Wildman–Crippen MR) is 52.4 cm³/mol. The summed E-state index contributed by atoms with van der Waals surface area (Å²) in [5.41, 5.74) is 0.0164. The SMILES string of the molecule is CC1(C)CC(OC(=O)C(C)(C)C)C1. The molecule has 0 atom stereocenters. The van der Waals surface area contributed by atoms with Gasteiger partial charge in [0, 0.05) is 0 Å². The summed E-state index contributed by atoms with van der Waals surface area (Å²) in [6.07, 6.45) is 2.19. The van der Waals surface area contributed by atoms with Crippen molar-refractivity contribution >= 4 is 5.97 Å². The van der Waals surface area contributed by atoms with Crippen LogP contribution in [0.3, 0.4) is 0 Å². The molecule has 0 heterocycles. The Morgan fingerprint density at radius 3 is 2.08 bits per heavy atom. The second kappa shape index (κ2) is 3.00.